The molecule has 0 radical (unpaired) electrons. The van der Waals surface area contributed by atoms with Gasteiger partial charge in [0.25, 0.3) is 5.91 Å². The van der Waals surface area contributed by atoms with Crippen LogP contribution in [0.4, 0.5) is 11.4 Å². The zero-order chi connectivity index (χ0) is 30.1. The minimum atomic E-state index is -2.95. The number of amides is 1. The number of hydrogen-bond acceptors (Lipinski definition) is 7. The van der Waals surface area contributed by atoms with Crippen LogP contribution >= 0.6 is 34.8 Å². The lowest BCUT2D eigenvalue weighted by Gasteiger charge is -2.47. The highest BCUT2D eigenvalue weighted by molar-refractivity contribution is 8.25. The molecule has 11 heteroatoms. The second-order valence-corrected chi connectivity index (χ2v) is 13.3. The molecule has 6 N–H and O–H groups in total. The summed E-state index contributed by atoms with van der Waals surface area (Å²) in [6, 6.07) is 22.2. The summed E-state index contributed by atoms with van der Waals surface area (Å²) in [5, 5.41) is 21.8. The van der Waals surface area contributed by atoms with Crippen molar-refractivity contribution in [2.75, 3.05) is 35.0 Å². The predicted octanol–water partition coefficient (Wildman–Crippen LogP) is 6.90. The molecule has 4 rings (SSSR count). The molecule has 1 aliphatic heterocycles. The third-order valence-corrected chi connectivity index (χ3v) is 9.71. The van der Waals surface area contributed by atoms with Gasteiger partial charge in [-0.2, -0.15) is 0 Å². The van der Waals surface area contributed by atoms with Gasteiger partial charge in [-0.05, 0) is 74.1 Å². The molecular weight excluding hydrogens is 607 g/mol. The maximum absolute atomic E-state index is 13.7. The van der Waals surface area contributed by atoms with Gasteiger partial charge in [0, 0.05) is 41.9 Å². The van der Waals surface area contributed by atoms with Crippen LogP contribution in [0.5, 0.6) is 0 Å². The van der Waals surface area contributed by atoms with Crippen LogP contribution in [0.25, 0.3) is 0 Å². The number of carbonyl (C=O) groups excluding carboxylic acids is 1. The highest BCUT2D eigenvalue weighted by atomic mass is 35.5. The number of anilines is 2. The van der Waals surface area contributed by atoms with E-state index in [1.807, 2.05) is 67.6 Å². The third-order valence-electron chi connectivity index (χ3n) is 7.54. The first-order valence-corrected chi connectivity index (χ1v) is 16.7. The van der Waals surface area contributed by atoms with Crippen LogP contribution in [0.2, 0.25) is 5.02 Å². The standard InChI is InChI=1S/C32H43ClN4O4S.ClH/c1-3-29(24-13-10-14-26(33)18-24)35-22-31(38)30(17-23-11-6-5-7-12-23)36-32(39)25-19-27(34-4-2)21-28(20-25)37-15-8-9-16-42(37,40)41;/h5-7,10-14,18-21,29-31,34-35,38,40-41H,3-4,8-9,15-17,22H2,1-2H3,(H,36,39);1H/t29?,30-,31-;/m0./s1. The fourth-order valence-corrected chi connectivity index (χ4v) is 7.20. The second kappa shape index (κ2) is 16.5. The van der Waals surface area contributed by atoms with Crippen LogP contribution in [-0.2, 0) is 6.42 Å². The van der Waals surface area contributed by atoms with E-state index >= 15 is 0 Å². The number of rotatable bonds is 13. The van der Waals surface area contributed by atoms with Gasteiger partial charge in [-0.25, -0.2) is 0 Å². The summed E-state index contributed by atoms with van der Waals surface area (Å²) in [5.74, 6) is -0.0296. The molecule has 1 unspecified atom stereocenters. The van der Waals surface area contributed by atoms with Crippen molar-refractivity contribution in [2.45, 2.75) is 57.7 Å². The van der Waals surface area contributed by atoms with Crippen LogP contribution in [0.15, 0.2) is 72.8 Å². The van der Waals surface area contributed by atoms with Crippen molar-refractivity contribution < 1.29 is 19.0 Å². The number of halogens is 2. The second-order valence-electron chi connectivity index (χ2n) is 10.7. The summed E-state index contributed by atoms with van der Waals surface area (Å²) >= 11 is 6.21. The van der Waals surface area contributed by atoms with Crippen LogP contribution in [0.1, 0.15) is 60.6 Å². The minimum Gasteiger partial charge on any atom is -0.390 e. The number of nitrogens with zero attached hydrogens (tertiary/aromatic N) is 1. The molecule has 1 saturated heterocycles. The Morgan fingerprint density at radius 2 is 1.79 bits per heavy atom. The van der Waals surface area contributed by atoms with Gasteiger partial charge in [0.1, 0.15) is 0 Å². The van der Waals surface area contributed by atoms with E-state index in [4.69, 9.17) is 11.6 Å². The van der Waals surface area contributed by atoms with E-state index in [2.05, 4.69) is 22.9 Å². The maximum atomic E-state index is 13.7. The number of hydrogen-bond donors (Lipinski definition) is 6. The molecule has 1 amide bonds. The van der Waals surface area contributed by atoms with Gasteiger partial charge in [-0.3, -0.25) is 18.2 Å². The summed E-state index contributed by atoms with van der Waals surface area (Å²) in [7, 11) is -2.95. The molecule has 1 fully saturated rings. The summed E-state index contributed by atoms with van der Waals surface area (Å²) < 4.78 is 23.1. The van der Waals surface area contributed by atoms with E-state index in [1.54, 1.807) is 16.4 Å². The van der Waals surface area contributed by atoms with Crippen LogP contribution in [-0.4, -0.2) is 57.7 Å². The lowest BCUT2D eigenvalue weighted by atomic mass is 9.99. The van der Waals surface area contributed by atoms with Crippen molar-refractivity contribution in [2.24, 2.45) is 0 Å². The van der Waals surface area contributed by atoms with Crippen molar-refractivity contribution >= 4 is 52.1 Å². The Morgan fingerprint density at radius 3 is 2.47 bits per heavy atom. The minimum absolute atomic E-state index is 0. The van der Waals surface area contributed by atoms with E-state index in [0.717, 1.165) is 36.1 Å². The van der Waals surface area contributed by atoms with E-state index in [9.17, 15) is 19.0 Å². The summed E-state index contributed by atoms with van der Waals surface area (Å²) in [6.45, 7) is 5.45. The normalized spacial score (nSPS) is 17.2. The van der Waals surface area contributed by atoms with Gasteiger partial charge >= 0.3 is 0 Å². The Hall–Kier alpha value is -2.50. The summed E-state index contributed by atoms with van der Waals surface area (Å²) in [5.41, 5.74) is 3.72. The van der Waals surface area contributed by atoms with Gasteiger partial charge in [0.05, 0.1) is 23.6 Å². The Bertz CT molecular complexity index is 1320. The topological polar surface area (TPSA) is 117 Å². The monoisotopic (exact) mass is 650 g/mol. The Labute approximate surface area is 268 Å². The van der Waals surface area contributed by atoms with Gasteiger partial charge in [-0.15, -0.1) is 23.2 Å². The fraction of sp³-hybridized carbons (Fsp3) is 0.406. The fourth-order valence-electron chi connectivity index (χ4n) is 5.33. The van der Waals surface area contributed by atoms with E-state index in [1.165, 1.54) is 0 Å². The molecule has 0 bridgehead atoms. The highest BCUT2D eigenvalue weighted by Gasteiger charge is 2.29. The summed E-state index contributed by atoms with van der Waals surface area (Å²) in [6.07, 6.45) is 1.96. The van der Waals surface area contributed by atoms with Crippen LogP contribution in [0.3, 0.4) is 0 Å². The van der Waals surface area contributed by atoms with E-state index in [0.29, 0.717) is 41.5 Å². The van der Waals surface area contributed by atoms with Crippen molar-refractivity contribution in [3.8, 4) is 0 Å². The van der Waals surface area contributed by atoms with Gasteiger partial charge in [0.2, 0.25) is 0 Å². The third kappa shape index (κ3) is 9.74. The molecule has 0 aliphatic carbocycles. The van der Waals surface area contributed by atoms with Gasteiger partial charge in [0.15, 0.2) is 0 Å². The zero-order valence-electron chi connectivity index (χ0n) is 24.7. The number of aliphatic hydroxyl groups excluding tert-OH is 1. The van der Waals surface area contributed by atoms with Crippen molar-refractivity contribution in [1.82, 2.24) is 10.6 Å². The molecule has 236 valence electrons. The van der Waals surface area contributed by atoms with Crippen molar-refractivity contribution in [3.63, 3.8) is 0 Å². The lowest BCUT2D eigenvalue weighted by molar-refractivity contribution is 0.0824. The molecule has 43 heavy (non-hydrogen) atoms. The highest BCUT2D eigenvalue weighted by Crippen LogP contribution is 2.50. The first-order chi connectivity index (χ1) is 20.2. The van der Waals surface area contributed by atoms with Crippen LogP contribution < -0.4 is 20.3 Å². The average molecular weight is 652 g/mol. The molecule has 3 atom stereocenters. The number of nitrogens with one attached hydrogen (secondary N) is 3. The first kappa shape index (κ1) is 35.0. The number of aliphatic hydroxyl groups is 1. The average Bonchev–Trinajstić information content (AvgIpc) is 2.97. The molecular formula is C32H44Cl2N4O4S. The maximum Gasteiger partial charge on any atom is 0.251 e. The smallest absolute Gasteiger partial charge is 0.251 e. The Kier molecular flexibility index (Phi) is 13.5. The van der Waals surface area contributed by atoms with Gasteiger partial charge in [-0.1, -0.05) is 61.0 Å². The molecule has 3 aromatic rings. The lowest BCUT2D eigenvalue weighted by Crippen LogP contribution is -2.49. The number of benzene rings is 3. The molecule has 3 aromatic carbocycles. The van der Waals surface area contributed by atoms with Crippen molar-refractivity contribution in [1.29, 1.82) is 0 Å². The van der Waals surface area contributed by atoms with Gasteiger partial charge < -0.3 is 21.1 Å². The Morgan fingerprint density at radius 1 is 1.02 bits per heavy atom. The quantitative estimate of drug-likeness (QED) is 0.119. The Balaban J connectivity index is 0.00000506. The molecule has 8 nitrogen and oxygen atoms in total. The predicted molar refractivity (Wildman–Crippen MR) is 182 cm³/mol. The first-order valence-electron chi connectivity index (χ1n) is 14.6. The molecule has 0 spiro atoms. The molecule has 0 saturated carbocycles. The summed E-state index contributed by atoms with van der Waals surface area (Å²) in [4.78, 5) is 13.7. The number of carbonyl (C=O) groups is 1. The van der Waals surface area contributed by atoms with Crippen LogP contribution in [0, 0.1) is 0 Å². The molecule has 0 aromatic heterocycles. The molecule has 1 aliphatic rings. The SMILES string of the molecule is CCNc1cc(C(=O)N[C@@H](Cc2ccccc2)[C@@H](O)CNC(CC)c2cccc(Cl)c2)cc(N2CCCCS2(O)O)c1.Cl. The van der Waals surface area contributed by atoms with E-state index in [-0.39, 0.29) is 30.9 Å². The largest absolute Gasteiger partial charge is 0.390 e. The molecule has 1 heterocycles. The van der Waals surface area contributed by atoms with Crippen molar-refractivity contribution in [3.05, 3.63) is 94.5 Å². The van der Waals surface area contributed by atoms with E-state index < -0.39 is 22.9 Å². The zero-order valence-corrected chi connectivity index (χ0v) is 27.1.